The van der Waals surface area contributed by atoms with Crippen LogP contribution in [0.25, 0.3) is 0 Å². The molecule has 0 aliphatic heterocycles. The Balaban J connectivity index is 0. The van der Waals surface area contributed by atoms with Crippen LogP contribution in [0.15, 0.2) is 0 Å². The average Bonchev–Trinajstić information content (AvgIpc) is 0. The molecule has 0 aromatic heterocycles. The first-order chi connectivity index (χ1) is 0. The molecule has 3 nitrogen and oxygen atoms in total. The largest absolute Gasteiger partial charge is 3.00 e. The molecule has 0 rings (SSSR count). The topological polar surface area (TPSA) is 85.5 Å². The molecule has 0 bridgehead atoms. The van der Waals surface area contributed by atoms with E-state index in [1.807, 2.05) is 0 Å². The normalized spacial score (nSPS) is 0. The van der Waals surface area contributed by atoms with Crippen molar-refractivity contribution in [1.29, 1.82) is 0 Å². The molecule has 0 unspecified atom stereocenters. The van der Waals surface area contributed by atoms with Crippen LogP contribution in [0.3, 0.4) is 0 Å². The molecule has 0 amide bonds. The predicted octanol–water partition coefficient (Wildman–Crippen LogP) is -1.50. The quantitative estimate of drug-likeness (QED) is 0.407. The van der Waals surface area contributed by atoms with Gasteiger partial charge in [0.2, 0.25) is 0 Å². The second-order valence-corrected chi connectivity index (χ2v) is 0. The van der Waals surface area contributed by atoms with Gasteiger partial charge in [0.1, 0.15) is 0 Å². The first kappa shape index (κ1) is 145. The van der Waals surface area contributed by atoms with E-state index >= 15 is 0 Å². The molecule has 6 heteroatoms. The summed E-state index contributed by atoms with van der Waals surface area (Å²) in [6.07, 6.45) is 0. The monoisotopic (exact) mass is 182 g/mol. The molecule has 0 atom stereocenters. The Morgan fingerprint density at radius 1 is 0.500 bits per heavy atom. The summed E-state index contributed by atoms with van der Waals surface area (Å²) in [6, 6.07) is 0. The predicted molar refractivity (Wildman–Crippen MR) is 19.3 cm³/mol. The van der Waals surface area contributed by atoms with Gasteiger partial charge in [0.15, 0.2) is 0 Å². The van der Waals surface area contributed by atoms with E-state index in [4.69, 9.17) is 0 Å². The zero-order chi connectivity index (χ0) is 0. The van der Waals surface area contributed by atoms with E-state index in [2.05, 4.69) is 0 Å². The van der Waals surface area contributed by atoms with E-state index in [1.54, 1.807) is 0 Å². The molecule has 0 aromatic carbocycles. The van der Waals surface area contributed by atoms with Crippen LogP contribution >= 0.6 is 0 Å². The van der Waals surface area contributed by atoms with Gasteiger partial charge in [-0.25, -0.2) is 0 Å². The second-order valence-electron chi connectivity index (χ2n) is 0. The van der Waals surface area contributed by atoms with Crippen LogP contribution in [-0.2, 0) is 16.4 Å². The van der Waals surface area contributed by atoms with Crippen molar-refractivity contribution in [3.05, 3.63) is 0 Å². The van der Waals surface area contributed by atoms with Crippen LogP contribution in [0.4, 0.5) is 0 Å². The molecule has 30 valence electrons. The van der Waals surface area contributed by atoms with Crippen molar-refractivity contribution in [1.82, 2.24) is 0 Å². The van der Waals surface area contributed by atoms with Crippen LogP contribution in [0.2, 0.25) is 0 Å². The second kappa shape index (κ2) is 90.0. The van der Waals surface area contributed by atoms with Crippen molar-refractivity contribution in [3.8, 4) is 0 Å². The molecule has 0 aromatic rings. The summed E-state index contributed by atoms with van der Waals surface area (Å²) in [7, 11) is 0. The summed E-state index contributed by atoms with van der Waals surface area (Å²) in [6.45, 7) is 0. The van der Waals surface area contributed by atoms with Crippen molar-refractivity contribution in [2.24, 2.45) is 0 Å². The number of hydrogen-bond acceptors (Lipinski definition) is 0. The van der Waals surface area contributed by atoms with Crippen LogP contribution in [-0.4, -0.2) is 51.8 Å². The molecule has 2 radical (unpaired) electrons. The molecule has 0 spiro atoms. The molecular weight excluding hydrogens is 181 g/mol. The Labute approximate surface area is 68.2 Å². The standard InChI is InChI=1S/2Al.3O.Se/q2*+3;3*-2;. The van der Waals surface area contributed by atoms with Gasteiger partial charge in [-0.15, -0.1) is 0 Å². The van der Waals surface area contributed by atoms with Crippen LogP contribution in [0.5, 0.6) is 0 Å². The first-order valence-corrected chi connectivity index (χ1v) is 0. The summed E-state index contributed by atoms with van der Waals surface area (Å²) in [5.74, 6) is 0. The summed E-state index contributed by atoms with van der Waals surface area (Å²) in [4.78, 5) is 0. The third-order valence-electron chi connectivity index (χ3n) is 0. The Hall–Kier alpha value is 1.46. The number of hydrogen-bond donors (Lipinski definition) is 0. The first-order valence-electron chi connectivity index (χ1n) is 0. The molecule has 0 saturated heterocycles. The van der Waals surface area contributed by atoms with E-state index in [9.17, 15) is 0 Å². The Morgan fingerprint density at radius 2 is 0.500 bits per heavy atom. The van der Waals surface area contributed by atoms with Gasteiger partial charge >= 0.3 is 34.7 Å². The molecule has 0 aliphatic rings. The smallest absolute Gasteiger partial charge is 2.00 e. The van der Waals surface area contributed by atoms with Crippen LogP contribution < -0.4 is 0 Å². The zero-order valence-corrected chi connectivity index (χ0v) is 6.81. The maximum Gasteiger partial charge on any atom is 3.00 e. The van der Waals surface area contributed by atoms with Crippen LogP contribution in [0, 0.1) is 0 Å². The fourth-order valence-electron chi connectivity index (χ4n) is 0. The maximum absolute atomic E-state index is 0. The van der Waals surface area contributed by atoms with Gasteiger partial charge in [-0.2, -0.15) is 0 Å². The van der Waals surface area contributed by atoms with Gasteiger partial charge in [-0.05, 0) is 0 Å². The molecule has 0 N–H and O–H groups in total. The summed E-state index contributed by atoms with van der Waals surface area (Å²) in [5.41, 5.74) is 0. The molecular formula is Al2O3Se. The van der Waals surface area contributed by atoms with Gasteiger partial charge in [0.05, 0.1) is 0 Å². The Bertz CT molecular complexity index is 8.75. The fraction of sp³-hybridized carbons (Fsp3) is 0. The van der Waals surface area contributed by atoms with Gasteiger partial charge < -0.3 is 16.4 Å². The minimum absolute atomic E-state index is 0. The zero-order valence-electron chi connectivity index (χ0n) is 2.79. The third-order valence-corrected chi connectivity index (χ3v) is 0. The summed E-state index contributed by atoms with van der Waals surface area (Å²) >= 11 is 0. The third kappa shape index (κ3) is 50.8. The van der Waals surface area contributed by atoms with Crippen molar-refractivity contribution in [3.63, 3.8) is 0 Å². The van der Waals surface area contributed by atoms with Crippen molar-refractivity contribution in [2.75, 3.05) is 0 Å². The van der Waals surface area contributed by atoms with Crippen molar-refractivity contribution in [2.45, 2.75) is 0 Å². The molecule has 0 heterocycles. The van der Waals surface area contributed by atoms with Crippen molar-refractivity contribution >= 4 is 51.8 Å². The minimum Gasteiger partial charge on any atom is -2.00 e. The Kier molecular flexibility index (Phi) is 2180. The number of rotatable bonds is 0. The minimum atomic E-state index is 0. The Morgan fingerprint density at radius 3 is 0.500 bits per heavy atom. The van der Waals surface area contributed by atoms with E-state index < -0.39 is 0 Å². The van der Waals surface area contributed by atoms with E-state index in [0.717, 1.165) is 0 Å². The van der Waals surface area contributed by atoms with Crippen LogP contribution in [0.1, 0.15) is 0 Å². The maximum atomic E-state index is 0. The van der Waals surface area contributed by atoms with Gasteiger partial charge in [0.25, 0.3) is 0 Å². The molecule has 0 aliphatic carbocycles. The molecule has 6 heavy (non-hydrogen) atoms. The van der Waals surface area contributed by atoms with Gasteiger partial charge in [-0.1, -0.05) is 0 Å². The SMILES string of the molecule is [Al+3].[Al+3].[O-2].[O-2].[O-2].[Se]. The van der Waals surface area contributed by atoms with Gasteiger partial charge in [-0.3, -0.25) is 0 Å². The molecule has 0 saturated carbocycles. The summed E-state index contributed by atoms with van der Waals surface area (Å²) in [5, 5.41) is 0. The van der Waals surface area contributed by atoms with Crippen molar-refractivity contribution < 1.29 is 16.4 Å². The average molecular weight is 181 g/mol. The summed E-state index contributed by atoms with van der Waals surface area (Å²) < 4.78 is 0. The van der Waals surface area contributed by atoms with Gasteiger partial charge in [0, 0.05) is 17.1 Å². The van der Waals surface area contributed by atoms with E-state index in [1.165, 1.54) is 0 Å². The molecule has 0 fully saturated rings. The van der Waals surface area contributed by atoms with E-state index in [0.29, 0.717) is 0 Å². The fourth-order valence-corrected chi connectivity index (χ4v) is 0. The van der Waals surface area contributed by atoms with E-state index in [-0.39, 0.29) is 68.2 Å².